The summed E-state index contributed by atoms with van der Waals surface area (Å²) in [4.78, 5) is 4.56. The predicted octanol–water partition coefficient (Wildman–Crippen LogP) is 5.91. The fourth-order valence-corrected chi connectivity index (χ4v) is 4.71. The van der Waals surface area contributed by atoms with E-state index < -0.39 is 0 Å². The molecule has 5 rings (SSSR count). The van der Waals surface area contributed by atoms with E-state index in [0.717, 1.165) is 17.7 Å². The second-order valence-corrected chi connectivity index (χ2v) is 8.17. The molecule has 0 unspecified atom stereocenters. The molecule has 2 aliphatic carbocycles. The van der Waals surface area contributed by atoms with Gasteiger partial charge in [-0.1, -0.05) is 36.4 Å². The summed E-state index contributed by atoms with van der Waals surface area (Å²) in [7, 11) is 0. The SMILES string of the molecule is Cc1cccc(C)c1-c1cccc(COc2cc3c(cn2)[C@@H]2C[C@@H]2C3)c1C. The summed E-state index contributed by atoms with van der Waals surface area (Å²) >= 11 is 0. The highest BCUT2D eigenvalue weighted by atomic mass is 16.5. The van der Waals surface area contributed by atoms with Gasteiger partial charge in [-0.25, -0.2) is 4.98 Å². The van der Waals surface area contributed by atoms with Crippen LogP contribution < -0.4 is 4.74 Å². The minimum atomic E-state index is 0.559. The third kappa shape index (κ3) is 2.84. The largest absolute Gasteiger partial charge is 0.473 e. The molecular weight excluding hydrogens is 330 g/mol. The minimum Gasteiger partial charge on any atom is -0.473 e. The number of aromatic nitrogens is 1. The first-order valence-electron chi connectivity index (χ1n) is 9.88. The molecule has 0 spiro atoms. The fourth-order valence-electron chi connectivity index (χ4n) is 4.71. The summed E-state index contributed by atoms with van der Waals surface area (Å²) in [5.74, 6) is 2.43. The van der Waals surface area contributed by atoms with Crippen molar-refractivity contribution >= 4 is 0 Å². The number of ether oxygens (including phenoxy) is 1. The van der Waals surface area contributed by atoms with E-state index in [4.69, 9.17) is 4.74 Å². The Balaban J connectivity index is 1.40. The Morgan fingerprint density at radius 1 is 1.04 bits per heavy atom. The van der Waals surface area contributed by atoms with Crippen molar-refractivity contribution in [2.45, 2.75) is 46.1 Å². The number of aryl methyl sites for hydroxylation is 2. The molecule has 0 amide bonds. The van der Waals surface area contributed by atoms with Gasteiger partial charge in [-0.05, 0) is 90.0 Å². The maximum absolute atomic E-state index is 6.09. The van der Waals surface area contributed by atoms with E-state index in [1.54, 1.807) is 0 Å². The smallest absolute Gasteiger partial charge is 0.213 e. The van der Waals surface area contributed by atoms with Crippen LogP contribution in [0.3, 0.4) is 0 Å². The number of benzene rings is 2. The summed E-state index contributed by atoms with van der Waals surface area (Å²) in [6, 6.07) is 15.2. The molecule has 0 bridgehead atoms. The molecule has 1 aromatic heterocycles. The highest BCUT2D eigenvalue weighted by molar-refractivity contribution is 5.74. The molecule has 136 valence electrons. The molecule has 0 N–H and O–H groups in total. The van der Waals surface area contributed by atoms with E-state index in [-0.39, 0.29) is 0 Å². The van der Waals surface area contributed by atoms with Crippen LogP contribution in [0.2, 0.25) is 0 Å². The van der Waals surface area contributed by atoms with Crippen LogP contribution in [-0.4, -0.2) is 4.98 Å². The number of hydrogen-bond donors (Lipinski definition) is 0. The van der Waals surface area contributed by atoms with Crippen molar-refractivity contribution in [3.8, 4) is 17.0 Å². The third-order valence-electron chi connectivity index (χ3n) is 6.38. The lowest BCUT2D eigenvalue weighted by molar-refractivity contribution is 0.293. The van der Waals surface area contributed by atoms with E-state index in [1.807, 2.05) is 6.20 Å². The highest BCUT2D eigenvalue weighted by Gasteiger charge is 2.45. The quantitative estimate of drug-likeness (QED) is 0.580. The standard InChI is InChI=1S/C25H25NO/c1-15-6-4-7-16(2)25(15)21-9-5-8-18(17(21)3)14-27-24-12-20-10-19-11-22(19)23(20)13-26-24/h4-9,12-13,19,22H,10-11,14H2,1-3H3/t19-,22+/m0/s1. The van der Waals surface area contributed by atoms with Gasteiger partial charge in [0.15, 0.2) is 0 Å². The van der Waals surface area contributed by atoms with Crippen molar-refractivity contribution in [3.63, 3.8) is 0 Å². The number of rotatable bonds is 4. The van der Waals surface area contributed by atoms with Crippen molar-refractivity contribution in [1.82, 2.24) is 4.98 Å². The van der Waals surface area contributed by atoms with Gasteiger partial charge in [0.25, 0.3) is 0 Å². The lowest BCUT2D eigenvalue weighted by atomic mass is 9.91. The lowest BCUT2D eigenvalue weighted by Crippen LogP contribution is -2.02. The first kappa shape index (κ1) is 16.6. The topological polar surface area (TPSA) is 22.1 Å². The Morgan fingerprint density at radius 2 is 1.81 bits per heavy atom. The van der Waals surface area contributed by atoms with Crippen LogP contribution in [0.5, 0.6) is 5.88 Å². The zero-order chi connectivity index (χ0) is 18.5. The summed E-state index contributed by atoms with van der Waals surface area (Å²) in [6.45, 7) is 7.13. The van der Waals surface area contributed by atoms with E-state index in [2.05, 4.69) is 68.2 Å². The molecule has 0 radical (unpaired) electrons. The van der Waals surface area contributed by atoms with Crippen molar-refractivity contribution in [2.75, 3.05) is 0 Å². The molecule has 2 aliphatic rings. The normalized spacial score (nSPS) is 19.5. The van der Waals surface area contributed by atoms with Gasteiger partial charge in [0.2, 0.25) is 5.88 Å². The molecule has 1 heterocycles. The average Bonchev–Trinajstić information content (AvgIpc) is 3.33. The lowest BCUT2D eigenvalue weighted by Gasteiger charge is -2.16. The van der Waals surface area contributed by atoms with Crippen LogP contribution in [0, 0.1) is 26.7 Å². The molecular formula is C25H25NO. The number of pyridine rings is 1. The fraction of sp³-hybridized carbons (Fsp3) is 0.320. The van der Waals surface area contributed by atoms with Crippen LogP contribution in [0.15, 0.2) is 48.7 Å². The van der Waals surface area contributed by atoms with Crippen LogP contribution in [0.4, 0.5) is 0 Å². The van der Waals surface area contributed by atoms with Gasteiger partial charge in [0.1, 0.15) is 6.61 Å². The summed E-state index contributed by atoms with van der Waals surface area (Å²) < 4.78 is 6.09. The number of fused-ring (bicyclic) bond motifs is 3. The molecule has 2 aromatic carbocycles. The zero-order valence-electron chi connectivity index (χ0n) is 16.3. The van der Waals surface area contributed by atoms with Gasteiger partial charge in [-0.3, -0.25) is 0 Å². The van der Waals surface area contributed by atoms with Crippen molar-refractivity contribution in [2.24, 2.45) is 5.92 Å². The molecule has 2 heteroatoms. The van der Waals surface area contributed by atoms with E-state index >= 15 is 0 Å². The van der Waals surface area contributed by atoms with Crippen LogP contribution in [0.25, 0.3) is 11.1 Å². The Labute approximate surface area is 161 Å². The molecule has 3 aromatic rings. The Bertz CT molecular complexity index is 1020. The van der Waals surface area contributed by atoms with Gasteiger partial charge in [-0.15, -0.1) is 0 Å². The van der Waals surface area contributed by atoms with Gasteiger partial charge in [0, 0.05) is 12.3 Å². The molecule has 0 aliphatic heterocycles. The van der Waals surface area contributed by atoms with E-state index in [1.165, 1.54) is 57.3 Å². The molecule has 2 atom stereocenters. The molecule has 1 saturated carbocycles. The van der Waals surface area contributed by atoms with Gasteiger partial charge in [-0.2, -0.15) is 0 Å². The highest BCUT2D eigenvalue weighted by Crippen LogP contribution is 2.56. The molecule has 27 heavy (non-hydrogen) atoms. The Kier molecular flexibility index (Phi) is 3.82. The van der Waals surface area contributed by atoms with Crippen LogP contribution >= 0.6 is 0 Å². The Hall–Kier alpha value is -2.61. The van der Waals surface area contributed by atoms with Crippen LogP contribution in [-0.2, 0) is 13.0 Å². The summed E-state index contributed by atoms with van der Waals surface area (Å²) in [5.41, 5.74) is 10.7. The number of nitrogens with zero attached hydrogens (tertiary/aromatic N) is 1. The number of hydrogen-bond acceptors (Lipinski definition) is 2. The molecule has 1 fully saturated rings. The molecule has 0 saturated heterocycles. The zero-order valence-corrected chi connectivity index (χ0v) is 16.3. The minimum absolute atomic E-state index is 0.559. The predicted molar refractivity (Wildman–Crippen MR) is 109 cm³/mol. The monoisotopic (exact) mass is 355 g/mol. The first-order chi connectivity index (χ1) is 13.1. The van der Waals surface area contributed by atoms with Gasteiger partial charge in [0.05, 0.1) is 0 Å². The third-order valence-corrected chi connectivity index (χ3v) is 6.38. The van der Waals surface area contributed by atoms with Crippen molar-refractivity contribution in [3.05, 3.63) is 82.0 Å². The second kappa shape index (κ2) is 6.23. The maximum atomic E-state index is 6.09. The van der Waals surface area contributed by atoms with Crippen LogP contribution in [0.1, 0.15) is 45.7 Å². The second-order valence-electron chi connectivity index (χ2n) is 8.17. The summed E-state index contributed by atoms with van der Waals surface area (Å²) in [5, 5.41) is 0. The van der Waals surface area contributed by atoms with Gasteiger partial charge < -0.3 is 4.74 Å². The van der Waals surface area contributed by atoms with Crippen molar-refractivity contribution < 1.29 is 4.74 Å². The first-order valence-corrected chi connectivity index (χ1v) is 9.88. The maximum Gasteiger partial charge on any atom is 0.213 e. The Morgan fingerprint density at radius 3 is 2.63 bits per heavy atom. The summed E-state index contributed by atoms with van der Waals surface area (Å²) in [6.07, 6.45) is 4.61. The van der Waals surface area contributed by atoms with E-state index in [9.17, 15) is 0 Å². The average molecular weight is 355 g/mol. The van der Waals surface area contributed by atoms with Crippen molar-refractivity contribution in [1.29, 1.82) is 0 Å². The van der Waals surface area contributed by atoms with E-state index in [0.29, 0.717) is 6.61 Å². The molecule has 2 nitrogen and oxygen atoms in total. The van der Waals surface area contributed by atoms with Gasteiger partial charge >= 0.3 is 0 Å².